The first kappa shape index (κ1) is 14.5. The summed E-state index contributed by atoms with van der Waals surface area (Å²) in [5.74, 6) is -0.00181. The van der Waals surface area contributed by atoms with Gasteiger partial charge in [0.25, 0.3) is 5.91 Å². The van der Waals surface area contributed by atoms with Crippen LogP contribution in [0.1, 0.15) is 36.4 Å². The van der Waals surface area contributed by atoms with Crippen molar-refractivity contribution in [3.63, 3.8) is 0 Å². The van der Waals surface area contributed by atoms with Crippen molar-refractivity contribution in [2.45, 2.75) is 37.6 Å². The lowest BCUT2D eigenvalue weighted by Crippen LogP contribution is -2.41. The molecule has 3 nitrogen and oxygen atoms in total. The third kappa shape index (κ3) is 3.72. The monoisotopic (exact) mass is 273 g/mol. The van der Waals surface area contributed by atoms with Crippen LogP contribution in [-0.4, -0.2) is 35.1 Å². The van der Waals surface area contributed by atoms with E-state index in [1.807, 2.05) is 5.38 Å². The first-order valence-corrected chi connectivity index (χ1v) is 7.16. The summed E-state index contributed by atoms with van der Waals surface area (Å²) in [4.78, 5) is 15.6. The minimum absolute atomic E-state index is 0.00134. The van der Waals surface area contributed by atoms with Gasteiger partial charge >= 0.3 is 0 Å². The number of thiophene rings is 1. The van der Waals surface area contributed by atoms with Crippen LogP contribution in [0.15, 0.2) is 16.3 Å². The zero-order valence-corrected chi connectivity index (χ0v) is 11.9. The van der Waals surface area contributed by atoms with Gasteiger partial charge in [-0.05, 0) is 18.9 Å². The smallest absolute Gasteiger partial charge is 0.264 e. The number of hydrogen-bond donors (Lipinski definition) is 2. The Hall–Kier alpha value is -0.520. The fourth-order valence-corrected chi connectivity index (χ4v) is 2.97. The summed E-state index contributed by atoms with van der Waals surface area (Å²) in [6.07, 6.45) is 1.81. The Labute approximate surface area is 112 Å². The van der Waals surface area contributed by atoms with Crippen LogP contribution in [0.3, 0.4) is 0 Å². The summed E-state index contributed by atoms with van der Waals surface area (Å²) < 4.78 is 0. The summed E-state index contributed by atoms with van der Waals surface area (Å²) in [5.41, 5.74) is 0. The van der Waals surface area contributed by atoms with Gasteiger partial charge in [-0.3, -0.25) is 4.79 Å². The Morgan fingerprint density at radius 2 is 2.18 bits per heavy atom. The molecule has 0 radical (unpaired) electrons. The van der Waals surface area contributed by atoms with E-state index in [0.29, 0.717) is 11.4 Å². The maximum absolute atomic E-state index is 12.3. The first-order chi connectivity index (χ1) is 8.13. The molecule has 0 saturated heterocycles. The molecule has 0 atom stereocenters. The summed E-state index contributed by atoms with van der Waals surface area (Å²) >= 11 is 5.61. The third-order valence-corrected chi connectivity index (χ3v) is 4.13. The van der Waals surface area contributed by atoms with E-state index in [1.165, 1.54) is 11.3 Å². The molecular weight excluding hydrogens is 254 g/mol. The molecule has 17 heavy (non-hydrogen) atoms. The van der Waals surface area contributed by atoms with Crippen LogP contribution < -0.4 is 0 Å². The van der Waals surface area contributed by atoms with Crippen molar-refractivity contribution in [1.29, 1.82) is 0 Å². The Morgan fingerprint density at radius 3 is 2.59 bits per heavy atom. The molecule has 1 aromatic rings. The summed E-state index contributed by atoms with van der Waals surface area (Å²) in [6, 6.07) is 1.98. The van der Waals surface area contributed by atoms with Gasteiger partial charge in [0.2, 0.25) is 0 Å². The molecule has 0 unspecified atom stereocenters. The van der Waals surface area contributed by atoms with Crippen LogP contribution in [0, 0.1) is 0 Å². The molecule has 96 valence electrons. The topological polar surface area (TPSA) is 40.5 Å². The largest absolute Gasteiger partial charge is 0.395 e. The summed E-state index contributed by atoms with van der Waals surface area (Å²) in [6.45, 7) is 4.51. The van der Waals surface area contributed by atoms with Crippen LogP contribution in [-0.2, 0) is 0 Å². The van der Waals surface area contributed by atoms with Crippen molar-refractivity contribution in [1.82, 2.24) is 4.90 Å². The lowest BCUT2D eigenvalue weighted by atomic mass is 10.1. The van der Waals surface area contributed by atoms with Gasteiger partial charge in [-0.25, -0.2) is 0 Å². The van der Waals surface area contributed by atoms with E-state index < -0.39 is 0 Å². The van der Waals surface area contributed by atoms with Gasteiger partial charge in [0.15, 0.2) is 0 Å². The van der Waals surface area contributed by atoms with Crippen LogP contribution in [0.4, 0.5) is 0 Å². The van der Waals surface area contributed by atoms with E-state index in [9.17, 15) is 4.79 Å². The van der Waals surface area contributed by atoms with E-state index in [0.717, 1.165) is 17.7 Å². The van der Waals surface area contributed by atoms with Gasteiger partial charge in [-0.15, -0.1) is 24.0 Å². The number of amides is 1. The van der Waals surface area contributed by atoms with Crippen molar-refractivity contribution in [3.05, 3.63) is 16.3 Å². The number of hydrogen-bond acceptors (Lipinski definition) is 4. The predicted molar refractivity (Wildman–Crippen MR) is 74.1 cm³/mol. The molecule has 1 aromatic heterocycles. The van der Waals surface area contributed by atoms with Gasteiger partial charge in [-0.1, -0.05) is 13.8 Å². The Kier molecular flexibility index (Phi) is 6.02. The second kappa shape index (κ2) is 7.03. The second-order valence-electron chi connectivity index (χ2n) is 3.86. The molecule has 1 rings (SSSR count). The van der Waals surface area contributed by atoms with Gasteiger partial charge in [0.05, 0.1) is 11.5 Å². The minimum atomic E-state index is -0.00181. The van der Waals surface area contributed by atoms with Crippen LogP contribution in [0.5, 0.6) is 0 Å². The zero-order valence-electron chi connectivity index (χ0n) is 10.2. The molecule has 0 fully saturated rings. The summed E-state index contributed by atoms with van der Waals surface area (Å²) in [5, 5.41) is 10.9. The lowest BCUT2D eigenvalue weighted by Gasteiger charge is -2.29. The van der Waals surface area contributed by atoms with Gasteiger partial charge < -0.3 is 10.0 Å². The Balaban J connectivity index is 2.86. The van der Waals surface area contributed by atoms with E-state index in [4.69, 9.17) is 5.11 Å². The number of carbonyl (C=O) groups is 1. The number of aliphatic hydroxyl groups excluding tert-OH is 1. The molecule has 5 heteroatoms. The molecule has 0 aliphatic rings. The standard InChI is InChI=1S/C12H19NO2S2/c1-3-9(4-2)13(5-6-14)12(15)11-7-10(16)8-17-11/h7-9,14,16H,3-6H2,1-2H3. The van der Waals surface area contributed by atoms with Crippen molar-refractivity contribution < 1.29 is 9.90 Å². The van der Waals surface area contributed by atoms with Crippen molar-refractivity contribution >= 4 is 29.9 Å². The van der Waals surface area contributed by atoms with Gasteiger partial charge in [0, 0.05) is 22.9 Å². The minimum Gasteiger partial charge on any atom is -0.395 e. The van der Waals surface area contributed by atoms with Crippen LogP contribution in [0.2, 0.25) is 0 Å². The third-order valence-electron chi connectivity index (χ3n) is 2.78. The maximum Gasteiger partial charge on any atom is 0.264 e. The summed E-state index contributed by atoms with van der Waals surface area (Å²) in [7, 11) is 0. The van der Waals surface area contributed by atoms with Crippen molar-refractivity contribution in [2.75, 3.05) is 13.2 Å². The maximum atomic E-state index is 12.3. The second-order valence-corrected chi connectivity index (χ2v) is 5.29. The van der Waals surface area contributed by atoms with Gasteiger partial charge in [0.1, 0.15) is 0 Å². The quantitative estimate of drug-likeness (QED) is 0.782. The SMILES string of the molecule is CCC(CC)N(CCO)C(=O)c1cc(S)cs1. The molecule has 0 spiro atoms. The van der Waals surface area contributed by atoms with Crippen molar-refractivity contribution in [3.8, 4) is 0 Å². The molecule has 1 amide bonds. The van der Waals surface area contributed by atoms with E-state index in [1.54, 1.807) is 11.0 Å². The predicted octanol–water partition coefficient (Wildman–Crippen LogP) is 2.66. The fourth-order valence-electron chi connectivity index (χ4n) is 1.87. The normalized spacial score (nSPS) is 10.9. The van der Waals surface area contributed by atoms with E-state index in [2.05, 4.69) is 26.5 Å². The highest BCUT2D eigenvalue weighted by Crippen LogP contribution is 2.21. The highest BCUT2D eigenvalue weighted by Gasteiger charge is 2.22. The first-order valence-electron chi connectivity index (χ1n) is 5.83. The van der Waals surface area contributed by atoms with Crippen molar-refractivity contribution in [2.24, 2.45) is 0 Å². The van der Waals surface area contributed by atoms with E-state index in [-0.39, 0.29) is 18.6 Å². The Bertz CT molecular complexity index is 361. The lowest BCUT2D eigenvalue weighted by molar-refractivity contribution is 0.0627. The molecular formula is C12H19NO2S2. The van der Waals surface area contributed by atoms with E-state index >= 15 is 0 Å². The zero-order chi connectivity index (χ0) is 12.8. The average molecular weight is 273 g/mol. The molecule has 0 aliphatic carbocycles. The highest BCUT2D eigenvalue weighted by atomic mass is 32.1. The average Bonchev–Trinajstić information content (AvgIpc) is 2.75. The number of carbonyl (C=O) groups excluding carboxylic acids is 1. The molecule has 0 bridgehead atoms. The highest BCUT2D eigenvalue weighted by molar-refractivity contribution is 7.80. The number of thiol groups is 1. The number of aliphatic hydroxyl groups is 1. The number of nitrogens with zero attached hydrogens (tertiary/aromatic N) is 1. The van der Waals surface area contributed by atoms with Crippen LogP contribution in [0.25, 0.3) is 0 Å². The Morgan fingerprint density at radius 1 is 1.53 bits per heavy atom. The molecule has 0 aliphatic heterocycles. The molecule has 0 aromatic carbocycles. The molecule has 1 N–H and O–H groups in total. The van der Waals surface area contributed by atoms with Gasteiger partial charge in [-0.2, -0.15) is 0 Å². The number of rotatable bonds is 6. The van der Waals surface area contributed by atoms with Crippen LogP contribution >= 0.6 is 24.0 Å². The molecule has 1 heterocycles. The fraction of sp³-hybridized carbons (Fsp3) is 0.583. The molecule has 0 saturated carbocycles.